The summed E-state index contributed by atoms with van der Waals surface area (Å²) in [7, 11) is 0. The topological polar surface area (TPSA) is 99.1 Å². The highest BCUT2D eigenvalue weighted by Gasteiger charge is 2.15. The highest BCUT2D eigenvalue weighted by molar-refractivity contribution is 7.21. The highest BCUT2D eigenvalue weighted by atomic mass is 32.1. The van der Waals surface area contributed by atoms with E-state index in [1.54, 1.807) is 6.07 Å². The maximum Gasteiger partial charge on any atom is 0.424 e. The van der Waals surface area contributed by atoms with Gasteiger partial charge in [0.05, 0.1) is 4.70 Å². The van der Waals surface area contributed by atoms with Gasteiger partial charge in [-0.2, -0.15) is 0 Å². The molecule has 0 bridgehead atoms. The molecule has 0 saturated heterocycles. The van der Waals surface area contributed by atoms with Crippen LogP contribution in [0.15, 0.2) is 18.2 Å². The first-order valence-corrected chi connectivity index (χ1v) is 4.74. The lowest BCUT2D eigenvalue weighted by Gasteiger charge is -1.91. The quantitative estimate of drug-likeness (QED) is 0.612. The average molecular weight is 223 g/mol. The first-order valence-electron chi connectivity index (χ1n) is 3.93. The summed E-state index contributed by atoms with van der Waals surface area (Å²) in [6, 6.07) is 4.54. The molecule has 0 radical (unpaired) electrons. The molecule has 2 rings (SSSR count). The molecule has 1 amide bonds. The molecule has 15 heavy (non-hydrogen) atoms. The van der Waals surface area contributed by atoms with Gasteiger partial charge in [-0.25, -0.2) is 0 Å². The van der Waals surface area contributed by atoms with Crippen molar-refractivity contribution in [1.29, 1.82) is 0 Å². The Bertz CT molecular complexity index is 551. The lowest BCUT2D eigenvalue weighted by atomic mass is 10.2. The summed E-state index contributed by atoms with van der Waals surface area (Å²) in [4.78, 5) is 24.5. The van der Waals surface area contributed by atoms with Crippen molar-refractivity contribution >= 4 is 32.6 Å². The van der Waals surface area contributed by atoms with Crippen LogP contribution in [0.5, 0.6) is 0 Å². The number of fused-ring (bicyclic) bond motifs is 1. The van der Waals surface area contributed by atoms with E-state index >= 15 is 0 Å². The van der Waals surface area contributed by atoms with Crippen molar-refractivity contribution in [2.45, 2.75) is 0 Å². The van der Waals surface area contributed by atoms with Crippen LogP contribution >= 0.6 is 11.3 Å². The molecule has 0 spiro atoms. The van der Waals surface area contributed by atoms with Crippen LogP contribution in [0.25, 0.3) is 10.2 Å². The van der Waals surface area contributed by atoms with Gasteiger partial charge >= 0.3 is 5.13 Å². The Morgan fingerprint density at radius 1 is 1.53 bits per heavy atom. The van der Waals surface area contributed by atoms with E-state index in [-0.39, 0.29) is 5.13 Å². The SMILES string of the molecule is NC(=O)c1ccc2nc([N+](=O)[O-])sc2c1. The van der Waals surface area contributed by atoms with E-state index in [2.05, 4.69) is 4.98 Å². The minimum atomic E-state index is -0.562. The minimum absolute atomic E-state index is 0.188. The van der Waals surface area contributed by atoms with Crippen molar-refractivity contribution in [3.8, 4) is 0 Å². The number of carbonyl (C=O) groups excluding carboxylic acids is 1. The third-order valence-electron chi connectivity index (χ3n) is 1.82. The molecule has 1 aromatic heterocycles. The van der Waals surface area contributed by atoms with E-state index in [4.69, 9.17) is 5.73 Å². The molecule has 2 aromatic rings. The molecule has 1 heterocycles. The lowest BCUT2D eigenvalue weighted by Crippen LogP contribution is -2.10. The second-order valence-electron chi connectivity index (χ2n) is 2.80. The van der Waals surface area contributed by atoms with E-state index in [0.717, 1.165) is 11.3 Å². The number of hydrogen-bond acceptors (Lipinski definition) is 5. The van der Waals surface area contributed by atoms with Crippen molar-refractivity contribution in [2.24, 2.45) is 5.73 Å². The van der Waals surface area contributed by atoms with Crippen molar-refractivity contribution in [1.82, 2.24) is 4.98 Å². The number of aromatic nitrogens is 1. The van der Waals surface area contributed by atoms with E-state index in [9.17, 15) is 14.9 Å². The monoisotopic (exact) mass is 223 g/mol. The number of thiazole rings is 1. The van der Waals surface area contributed by atoms with Gasteiger partial charge in [-0.3, -0.25) is 4.79 Å². The van der Waals surface area contributed by atoms with Crippen molar-refractivity contribution in [3.63, 3.8) is 0 Å². The van der Waals surface area contributed by atoms with Crippen LogP contribution in [-0.4, -0.2) is 15.8 Å². The largest absolute Gasteiger partial charge is 0.424 e. The Balaban J connectivity index is 2.62. The van der Waals surface area contributed by atoms with Gasteiger partial charge in [-0.1, -0.05) is 0 Å². The van der Waals surface area contributed by atoms with E-state index < -0.39 is 10.8 Å². The predicted molar refractivity (Wildman–Crippen MR) is 54.8 cm³/mol. The zero-order chi connectivity index (χ0) is 11.0. The summed E-state index contributed by atoms with van der Waals surface area (Å²) < 4.78 is 0.581. The molecule has 1 aromatic carbocycles. The zero-order valence-corrected chi connectivity index (χ0v) is 8.15. The van der Waals surface area contributed by atoms with Gasteiger partial charge in [0.25, 0.3) is 0 Å². The van der Waals surface area contributed by atoms with Crippen LogP contribution in [-0.2, 0) is 0 Å². The number of benzene rings is 1. The maximum absolute atomic E-state index is 10.9. The molecule has 0 atom stereocenters. The fourth-order valence-electron chi connectivity index (χ4n) is 1.14. The van der Waals surface area contributed by atoms with E-state index in [1.807, 2.05) is 0 Å². The van der Waals surface area contributed by atoms with Crippen LogP contribution in [0.3, 0.4) is 0 Å². The van der Waals surface area contributed by atoms with Crippen molar-refractivity contribution in [3.05, 3.63) is 33.9 Å². The standard InChI is InChI=1S/C8H5N3O3S/c9-7(12)4-1-2-5-6(3-4)15-8(10-5)11(13)14/h1-3H,(H2,9,12). The normalized spacial score (nSPS) is 10.4. The third kappa shape index (κ3) is 1.64. The second kappa shape index (κ2) is 3.28. The Hall–Kier alpha value is -2.02. The van der Waals surface area contributed by atoms with Crippen molar-refractivity contribution < 1.29 is 9.72 Å². The van der Waals surface area contributed by atoms with Gasteiger partial charge in [0.2, 0.25) is 5.91 Å². The van der Waals surface area contributed by atoms with Gasteiger partial charge in [0.1, 0.15) is 0 Å². The van der Waals surface area contributed by atoms with Gasteiger partial charge in [-0.15, -0.1) is 0 Å². The lowest BCUT2D eigenvalue weighted by molar-refractivity contribution is -0.384. The van der Waals surface area contributed by atoms with Crippen LogP contribution in [0.2, 0.25) is 0 Å². The predicted octanol–water partition coefficient (Wildman–Crippen LogP) is 1.30. The summed E-state index contributed by atoms with van der Waals surface area (Å²) in [6.07, 6.45) is 0. The number of amides is 1. The molecule has 6 nitrogen and oxygen atoms in total. The fourth-order valence-corrected chi connectivity index (χ4v) is 1.96. The fraction of sp³-hybridized carbons (Fsp3) is 0. The Morgan fingerprint density at radius 2 is 2.27 bits per heavy atom. The Kier molecular flexibility index (Phi) is 2.09. The maximum atomic E-state index is 10.9. The van der Waals surface area contributed by atoms with E-state index in [1.165, 1.54) is 12.1 Å². The summed E-state index contributed by atoms with van der Waals surface area (Å²) in [5.74, 6) is -0.562. The van der Waals surface area contributed by atoms with Gasteiger partial charge in [0, 0.05) is 5.56 Å². The highest BCUT2D eigenvalue weighted by Crippen LogP contribution is 2.27. The smallest absolute Gasteiger partial charge is 0.366 e. The number of nitro groups is 1. The van der Waals surface area contributed by atoms with Crippen LogP contribution in [0.1, 0.15) is 10.4 Å². The molecule has 76 valence electrons. The van der Waals surface area contributed by atoms with Crippen molar-refractivity contribution in [2.75, 3.05) is 0 Å². The first-order chi connectivity index (χ1) is 7.08. The summed E-state index contributed by atoms with van der Waals surface area (Å²) in [5, 5.41) is 10.3. The number of nitrogens with zero attached hydrogens (tertiary/aromatic N) is 2. The zero-order valence-electron chi connectivity index (χ0n) is 7.34. The average Bonchev–Trinajstić information content (AvgIpc) is 2.59. The molecule has 2 N–H and O–H groups in total. The molecule has 0 saturated carbocycles. The molecule has 0 aliphatic carbocycles. The molecule has 0 aliphatic rings. The van der Waals surface area contributed by atoms with Crippen LogP contribution < -0.4 is 5.73 Å². The van der Waals surface area contributed by atoms with E-state index in [0.29, 0.717) is 15.8 Å². The summed E-state index contributed by atoms with van der Waals surface area (Å²) >= 11 is 0.919. The molecule has 0 unspecified atom stereocenters. The Morgan fingerprint density at radius 3 is 2.87 bits per heavy atom. The second-order valence-corrected chi connectivity index (χ2v) is 3.81. The molecular weight excluding hydrogens is 218 g/mol. The first kappa shape index (κ1) is 9.53. The number of primary amides is 1. The minimum Gasteiger partial charge on any atom is -0.366 e. The summed E-state index contributed by atoms with van der Waals surface area (Å²) in [6.45, 7) is 0. The van der Waals surface area contributed by atoms with Gasteiger partial charge < -0.3 is 15.8 Å². The molecule has 7 heteroatoms. The molecule has 0 fully saturated rings. The number of carbonyl (C=O) groups is 1. The number of nitrogens with two attached hydrogens (primary N) is 1. The third-order valence-corrected chi connectivity index (χ3v) is 2.79. The van der Waals surface area contributed by atoms with Gasteiger partial charge in [0.15, 0.2) is 5.52 Å². The molecule has 0 aliphatic heterocycles. The van der Waals surface area contributed by atoms with Gasteiger partial charge in [-0.05, 0) is 39.4 Å². The van der Waals surface area contributed by atoms with Crippen LogP contribution in [0, 0.1) is 10.1 Å². The molecular formula is C8H5N3O3S. The summed E-state index contributed by atoms with van der Waals surface area (Å²) in [5.41, 5.74) is 5.90. The van der Waals surface area contributed by atoms with Crippen LogP contribution in [0.4, 0.5) is 5.13 Å². The number of hydrogen-bond donors (Lipinski definition) is 1. The Labute approximate surface area is 87.5 Å². The number of rotatable bonds is 2.